The number of nitrogens with zero attached hydrogens (tertiary/aromatic N) is 2. The van der Waals surface area contributed by atoms with Crippen LogP contribution in [-0.2, 0) is 14.3 Å². The number of amides is 1. The lowest BCUT2D eigenvalue weighted by molar-refractivity contribution is -0.127. The number of aryl methyl sites for hydroxylation is 1. The number of pyridine rings is 1. The molecule has 0 aliphatic carbocycles. The number of ether oxygens (including phenoxy) is 2. The molecule has 2 atom stereocenters. The molecule has 3 rings (SSSR count). The zero-order valence-electron chi connectivity index (χ0n) is 13.9. The van der Waals surface area contributed by atoms with Crippen molar-refractivity contribution >= 4 is 17.4 Å². The Kier molecular flexibility index (Phi) is 5.13. The summed E-state index contributed by atoms with van der Waals surface area (Å²) >= 11 is 0. The first-order valence-electron chi connectivity index (χ1n) is 8.38. The van der Waals surface area contributed by atoms with Gasteiger partial charge in [0.05, 0.1) is 36.6 Å². The molecule has 0 aromatic carbocycles. The van der Waals surface area contributed by atoms with Crippen LogP contribution in [0, 0.1) is 12.8 Å². The monoisotopic (exact) mass is 319 g/mol. The Hall–Kier alpha value is -1.66. The van der Waals surface area contributed by atoms with Crippen LogP contribution < -0.4 is 10.2 Å². The summed E-state index contributed by atoms with van der Waals surface area (Å²) in [4.78, 5) is 19.3. The number of morpholine rings is 1. The van der Waals surface area contributed by atoms with E-state index in [1.807, 2.05) is 26.0 Å². The van der Waals surface area contributed by atoms with E-state index in [1.54, 1.807) is 0 Å². The highest BCUT2D eigenvalue weighted by Gasteiger charge is 2.29. The summed E-state index contributed by atoms with van der Waals surface area (Å²) in [5.74, 6) is 0.890. The molecule has 3 heterocycles. The average molecular weight is 319 g/mol. The van der Waals surface area contributed by atoms with Crippen molar-refractivity contribution in [2.45, 2.75) is 32.8 Å². The molecule has 126 valence electrons. The molecule has 1 aromatic rings. The lowest BCUT2D eigenvalue weighted by Crippen LogP contribution is -2.37. The van der Waals surface area contributed by atoms with Gasteiger partial charge >= 0.3 is 0 Å². The van der Waals surface area contributed by atoms with Gasteiger partial charge in [0.25, 0.3) is 0 Å². The maximum Gasteiger partial charge on any atom is 0.230 e. The number of aromatic nitrogens is 1. The third-order valence-corrected chi connectivity index (χ3v) is 4.61. The van der Waals surface area contributed by atoms with Crippen molar-refractivity contribution in [3.05, 3.63) is 17.8 Å². The van der Waals surface area contributed by atoms with Gasteiger partial charge in [0.1, 0.15) is 5.82 Å². The molecular weight excluding hydrogens is 294 g/mol. The molecule has 0 bridgehead atoms. The first kappa shape index (κ1) is 16.2. The zero-order chi connectivity index (χ0) is 16.2. The van der Waals surface area contributed by atoms with E-state index in [0.717, 1.165) is 63.0 Å². The number of rotatable bonds is 3. The average Bonchev–Trinajstić information content (AvgIpc) is 2.58. The molecule has 0 saturated carbocycles. The molecule has 23 heavy (non-hydrogen) atoms. The maximum atomic E-state index is 12.5. The first-order chi connectivity index (χ1) is 11.1. The standard InChI is InChI=1S/C17H25N3O3/c1-12-15(19-17(21)14-4-3-9-23-13(14)2)5-6-16(18-12)20-7-10-22-11-8-20/h5-6,13-14H,3-4,7-11H2,1-2H3,(H,19,21)/t13-,14-/m0/s1. The van der Waals surface area contributed by atoms with E-state index in [0.29, 0.717) is 0 Å². The lowest BCUT2D eigenvalue weighted by Gasteiger charge is -2.29. The second-order valence-electron chi connectivity index (χ2n) is 6.22. The Balaban J connectivity index is 1.67. The van der Waals surface area contributed by atoms with Crippen LogP contribution in [0.25, 0.3) is 0 Å². The summed E-state index contributed by atoms with van der Waals surface area (Å²) in [6.45, 7) is 7.83. The maximum absolute atomic E-state index is 12.5. The van der Waals surface area contributed by atoms with Crippen molar-refractivity contribution in [2.24, 2.45) is 5.92 Å². The molecule has 2 aliphatic rings. The van der Waals surface area contributed by atoms with Crippen LogP contribution in [0.4, 0.5) is 11.5 Å². The summed E-state index contributed by atoms with van der Waals surface area (Å²) in [7, 11) is 0. The van der Waals surface area contributed by atoms with Gasteiger partial charge in [-0.1, -0.05) is 0 Å². The summed E-state index contributed by atoms with van der Waals surface area (Å²) in [5.41, 5.74) is 1.62. The third kappa shape index (κ3) is 3.82. The molecule has 1 amide bonds. The van der Waals surface area contributed by atoms with Crippen LogP contribution >= 0.6 is 0 Å². The van der Waals surface area contributed by atoms with Gasteiger partial charge in [-0.05, 0) is 38.8 Å². The molecule has 6 heteroatoms. The Labute approximate surface area is 137 Å². The number of nitrogens with one attached hydrogen (secondary N) is 1. The highest BCUT2D eigenvalue weighted by Crippen LogP contribution is 2.24. The fraction of sp³-hybridized carbons (Fsp3) is 0.647. The summed E-state index contributed by atoms with van der Waals surface area (Å²) in [6, 6.07) is 3.91. The summed E-state index contributed by atoms with van der Waals surface area (Å²) in [6.07, 6.45) is 1.80. The second kappa shape index (κ2) is 7.27. The van der Waals surface area contributed by atoms with Gasteiger partial charge in [0.15, 0.2) is 0 Å². The first-order valence-corrected chi connectivity index (χ1v) is 8.38. The Morgan fingerprint density at radius 2 is 2.09 bits per heavy atom. The van der Waals surface area contributed by atoms with Gasteiger partial charge in [-0.3, -0.25) is 4.79 Å². The van der Waals surface area contributed by atoms with E-state index in [-0.39, 0.29) is 17.9 Å². The second-order valence-corrected chi connectivity index (χ2v) is 6.22. The number of carbonyl (C=O) groups is 1. The van der Waals surface area contributed by atoms with Crippen molar-refractivity contribution < 1.29 is 14.3 Å². The van der Waals surface area contributed by atoms with Gasteiger partial charge in [-0.15, -0.1) is 0 Å². The van der Waals surface area contributed by atoms with Gasteiger partial charge < -0.3 is 19.7 Å². The molecule has 1 aromatic heterocycles. The van der Waals surface area contributed by atoms with Crippen molar-refractivity contribution in [1.82, 2.24) is 4.98 Å². The van der Waals surface area contributed by atoms with Gasteiger partial charge in [0, 0.05) is 19.7 Å². The molecule has 0 radical (unpaired) electrons. The smallest absolute Gasteiger partial charge is 0.230 e. The fourth-order valence-electron chi connectivity index (χ4n) is 3.14. The quantitative estimate of drug-likeness (QED) is 0.923. The largest absolute Gasteiger partial charge is 0.378 e. The van der Waals surface area contributed by atoms with Crippen LogP contribution in [0.1, 0.15) is 25.5 Å². The van der Waals surface area contributed by atoms with Crippen LogP contribution in [0.2, 0.25) is 0 Å². The topological polar surface area (TPSA) is 63.7 Å². The minimum Gasteiger partial charge on any atom is -0.378 e. The molecule has 2 saturated heterocycles. The van der Waals surface area contributed by atoms with Crippen LogP contribution in [0.3, 0.4) is 0 Å². The highest BCUT2D eigenvalue weighted by atomic mass is 16.5. The SMILES string of the molecule is Cc1nc(N2CCOCC2)ccc1NC(=O)[C@H]1CCCO[C@H]1C. The minimum absolute atomic E-state index is 0.0235. The molecule has 0 unspecified atom stereocenters. The Morgan fingerprint density at radius 3 is 2.78 bits per heavy atom. The van der Waals surface area contributed by atoms with Crippen molar-refractivity contribution in [3.8, 4) is 0 Å². The van der Waals surface area contributed by atoms with E-state index in [1.165, 1.54) is 0 Å². The fourth-order valence-corrected chi connectivity index (χ4v) is 3.14. The summed E-state index contributed by atoms with van der Waals surface area (Å²) < 4.78 is 10.9. The van der Waals surface area contributed by atoms with E-state index in [9.17, 15) is 4.79 Å². The van der Waals surface area contributed by atoms with Gasteiger partial charge in [0.2, 0.25) is 5.91 Å². The molecule has 2 fully saturated rings. The number of hydrogen-bond acceptors (Lipinski definition) is 5. The van der Waals surface area contributed by atoms with E-state index >= 15 is 0 Å². The van der Waals surface area contributed by atoms with Crippen LogP contribution in [-0.4, -0.2) is 49.9 Å². The van der Waals surface area contributed by atoms with Gasteiger partial charge in [-0.25, -0.2) is 4.98 Å². The number of anilines is 2. The minimum atomic E-state index is -0.0814. The number of hydrogen-bond donors (Lipinski definition) is 1. The molecule has 6 nitrogen and oxygen atoms in total. The number of carbonyl (C=O) groups excluding carboxylic acids is 1. The van der Waals surface area contributed by atoms with Crippen LogP contribution in [0.5, 0.6) is 0 Å². The molecule has 2 aliphatic heterocycles. The molecule has 0 spiro atoms. The lowest BCUT2D eigenvalue weighted by atomic mass is 9.94. The van der Waals surface area contributed by atoms with Crippen molar-refractivity contribution in [1.29, 1.82) is 0 Å². The normalized spacial score (nSPS) is 25.2. The predicted octanol–water partition coefficient (Wildman–Crippen LogP) is 1.98. The van der Waals surface area contributed by atoms with Crippen molar-refractivity contribution in [2.75, 3.05) is 43.1 Å². The van der Waals surface area contributed by atoms with Gasteiger partial charge in [-0.2, -0.15) is 0 Å². The van der Waals surface area contributed by atoms with E-state index < -0.39 is 0 Å². The molecule has 1 N–H and O–H groups in total. The Bertz CT molecular complexity index is 558. The zero-order valence-corrected chi connectivity index (χ0v) is 13.9. The highest BCUT2D eigenvalue weighted by molar-refractivity contribution is 5.93. The Morgan fingerprint density at radius 1 is 1.30 bits per heavy atom. The molecular formula is C17H25N3O3. The van der Waals surface area contributed by atoms with Crippen molar-refractivity contribution in [3.63, 3.8) is 0 Å². The predicted molar refractivity (Wildman–Crippen MR) is 88.8 cm³/mol. The summed E-state index contributed by atoms with van der Waals surface area (Å²) in [5, 5.41) is 3.02. The van der Waals surface area contributed by atoms with E-state index in [4.69, 9.17) is 9.47 Å². The third-order valence-electron chi connectivity index (χ3n) is 4.61. The van der Waals surface area contributed by atoms with E-state index in [2.05, 4.69) is 15.2 Å². The van der Waals surface area contributed by atoms with Crippen LogP contribution in [0.15, 0.2) is 12.1 Å².